The molecule has 178 valence electrons. The van der Waals surface area contributed by atoms with Crippen molar-refractivity contribution in [2.24, 2.45) is 40.4 Å². The van der Waals surface area contributed by atoms with Gasteiger partial charge in [-0.25, -0.2) is 4.98 Å². The van der Waals surface area contributed by atoms with Gasteiger partial charge in [0.05, 0.1) is 7.11 Å². The molecule has 33 heavy (non-hydrogen) atoms. The zero-order valence-electron chi connectivity index (χ0n) is 20.5. The molecule has 0 radical (unpaired) electrons. The van der Waals surface area contributed by atoms with Gasteiger partial charge in [0.25, 0.3) is 0 Å². The summed E-state index contributed by atoms with van der Waals surface area (Å²) in [7, 11) is 3.56. The molecule has 0 bridgehead atoms. The van der Waals surface area contributed by atoms with Crippen molar-refractivity contribution in [3.8, 4) is 5.88 Å². The van der Waals surface area contributed by atoms with Crippen molar-refractivity contribution in [3.05, 3.63) is 30.5 Å². The summed E-state index contributed by atoms with van der Waals surface area (Å²) >= 11 is 0. The molecule has 3 saturated carbocycles. The molecule has 8 atom stereocenters. The normalized spacial score (nSPS) is 41.7. The lowest BCUT2D eigenvalue weighted by Crippen LogP contribution is -2.62. The van der Waals surface area contributed by atoms with E-state index in [0.29, 0.717) is 29.6 Å². The van der Waals surface area contributed by atoms with Crippen molar-refractivity contribution >= 4 is 17.5 Å². The van der Waals surface area contributed by atoms with E-state index in [2.05, 4.69) is 37.1 Å². The summed E-state index contributed by atoms with van der Waals surface area (Å²) < 4.78 is 5.21. The van der Waals surface area contributed by atoms with Gasteiger partial charge in [0.15, 0.2) is 0 Å². The second-order valence-corrected chi connectivity index (χ2v) is 11.4. The Labute approximate surface area is 197 Å². The summed E-state index contributed by atoms with van der Waals surface area (Å²) in [4.78, 5) is 32.0. The van der Waals surface area contributed by atoms with Gasteiger partial charge in [0.1, 0.15) is 0 Å². The predicted molar refractivity (Wildman–Crippen MR) is 128 cm³/mol. The topological polar surface area (TPSA) is 71.5 Å². The van der Waals surface area contributed by atoms with Crippen LogP contribution in [0.2, 0.25) is 0 Å². The summed E-state index contributed by atoms with van der Waals surface area (Å²) in [5.74, 6) is 2.96. The first kappa shape index (κ1) is 22.4. The van der Waals surface area contributed by atoms with Gasteiger partial charge in [-0.2, -0.15) is 0 Å². The lowest BCUT2D eigenvalue weighted by atomic mass is 9.46. The van der Waals surface area contributed by atoms with Crippen LogP contribution in [0, 0.1) is 40.4 Å². The maximum atomic E-state index is 13.4. The summed E-state index contributed by atoms with van der Waals surface area (Å²) in [5.41, 5.74) is 0.778. The van der Waals surface area contributed by atoms with E-state index in [0.717, 1.165) is 37.8 Å². The fourth-order valence-electron chi connectivity index (χ4n) is 8.56. The van der Waals surface area contributed by atoms with Crippen molar-refractivity contribution in [1.29, 1.82) is 0 Å². The fraction of sp³-hybridized carbons (Fsp3) is 0.667. The van der Waals surface area contributed by atoms with Crippen LogP contribution in [0.3, 0.4) is 0 Å². The molecule has 1 aliphatic heterocycles. The quantitative estimate of drug-likeness (QED) is 0.733. The Morgan fingerprint density at radius 2 is 2.03 bits per heavy atom. The number of nitrogens with one attached hydrogen (secondary N) is 1. The number of nitrogens with zero attached hydrogens (tertiary/aromatic N) is 2. The van der Waals surface area contributed by atoms with Crippen molar-refractivity contribution < 1.29 is 14.3 Å². The van der Waals surface area contributed by atoms with Gasteiger partial charge in [0.2, 0.25) is 17.7 Å². The van der Waals surface area contributed by atoms with E-state index < -0.39 is 0 Å². The van der Waals surface area contributed by atoms with Crippen molar-refractivity contribution in [3.63, 3.8) is 0 Å². The molecule has 1 N–H and O–H groups in total. The van der Waals surface area contributed by atoms with Gasteiger partial charge in [-0.05, 0) is 73.3 Å². The number of hydrogen-bond donors (Lipinski definition) is 1. The second kappa shape index (κ2) is 7.85. The van der Waals surface area contributed by atoms with E-state index in [-0.39, 0.29) is 34.6 Å². The molecule has 4 aliphatic rings. The molecule has 6 heteroatoms. The molecule has 0 spiro atoms. The van der Waals surface area contributed by atoms with Crippen LogP contribution in [0.5, 0.6) is 5.88 Å². The van der Waals surface area contributed by atoms with Gasteiger partial charge in [0, 0.05) is 42.4 Å². The first-order valence-electron chi connectivity index (χ1n) is 12.5. The van der Waals surface area contributed by atoms with E-state index in [1.807, 2.05) is 18.0 Å². The molecular formula is C27H37N3O3. The minimum atomic E-state index is 0.0141. The van der Waals surface area contributed by atoms with Crippen LogP contribution in [0.4, 0.5) is 5.69 Å². The lowest BCUT2D eigenvalue weighted by Gasteiger charge is -2.62. The number of carbonyl (C=O) groups excluding carboxylic acids is 2. The molecule has 2 amide bonds. The first-order chi connectivity index (χ1) is 15.7. The number of ether oxygens (including phenoxy) is 1. The average Bonchev–Trinajstić information content (AvgIpc) is 3.14. The van der Waals surface area contributed by atoms with E-state index in [1.165, 1.54) is 0 Å². The third-order valence-corrected chi connectivity index (χ3v) is 9.93. The minimum Gasteiger partial charge on any atom is -0.481 e. The Kier molecular flexibility index (Phi) is 5.33. The standard InChI is InChI=1S/C27H37N3O3/c1-16-14-18-19-6-7-21(25(32)29-17-10-13-28-22(15-17)33-5)26(19,2)11-8-20(18)27(3)12-9-23(31)30(4)24(16)27/h9-10,12-13,15-16,18-21,24H,6-8,11,14H2,1-5H3,(H,28,29,32)/t16?,18-,19-,20-,21+,24+,26-,27+/m0/s1. The highest BCUT2D eigenvalue weighted by Crippen LogP contribution is 2.66. The number of aromatic nitrogens is 1. The van der Waals surface area contributed by atoms with Crippen molar-refractivity contribution in [2.75, 3.05) is 19.5 Å². The number of anilines is 1. The molecule has 1 aromatic rings. The predicted octanol–water partition coefficient (Wildman–Crippen LogP) is 4.53. The average molecular weight is 452 g/mol. The van der Waals surface area contributed by atoms with Gasteiger partial charge >= 0.3 is 0 Å². The minimum absolute atomic E-state index is 0.0141. The number of methoxy groups -OCH3 is 1. The van der Waals surface area contributed by atoms with E-state index in [1.54, 1.807) is 25.4 Å². The highest BCUT2D eigenvalue weighted by Gasteiger charge is 2.62. The largest absolute Gasteiger partial charge is 0.481 e. The fourth-order valence-corrected chi connectivity index (χ4v) is 8.56. The van der Waals surface area contributed by atoms with Crippen LogP contribution in [-0.4, -0.2) is 41.9 Å². The number of fused-ring (bicyclic) bond motifs is 5. The van der Waals surface area contributed by atoms with Crippen molar-refractivity contribution in [1.82, 2.24) is 9.88 Å². The SMILES string of the molecule is COc1cc(NC(=O)[C@H]2CC[C@H]3[C@@H]4CC(C)[C@H]5N(C)C(=O)C=C[C@]5(C)[C@H]4CC[C@]23C)ccn1. The van der Waals surface area contributed by atoms with Crippen molar-refractivity contribution in [2.45, 2.75) is 58.9 Å². The summed E-state index contributed by atoms with van der Waals surface area (Å²) in [6.07, 6.45) is 11.1. The monoisotopic (exact) mass is 451 g/mol. The van der Waals surface area contributed by atoms with Crippen LogP contribution in [0.25, 0.3) is 0 Å². The Bertz CT molecular complexity index is 993. The maximum absolute atomic E-state index is 13.4. The van der Waals surface area contributed by atoms with E-state index >= 15 is 0 Å². The number of carbonyl (C=O) groups is 2. The van der Waals surface area contributed by atoms with Crippen LogP contribution in [-0.2, 0) is 9.59 Å². The molecule has 1 aromatic heterocycles. The highest BCUT2D eigenvalue weighted by molar-refractivity contribution is 5.93. The van der Waals surface area contributed by atoms with Gasteiger partial charge in [-0.15, -0.1) is 0 Å². The molecular weight excluding hydrogens is 414 g/mol. The zero-order chi connectivity index (χ0) is 23.5. The van der Waals surface area contributed by atoms with Gasteiger partial charge in [-0.1, -0.05) is 26.8 Å². The Balaban J connectivity index is 1.39. The van der Waals surface area contributed by atoms with Crippen LogP contribution in [0.1, 0.15) is 52.9 Å². The molecule has 2 heterocycles. The van der Waals surface area contributed by atoms with E-state index in [9.17, 15) is 9.59 Å². The number of pyridine rings is 1. The van der Waals surface area contributed by atoms with Gasteiger partial charge < -0.3 is 15.0 Å². The number of rotatable bonds is 3. The summed E-state index contributed by atoms with van der Waals surface area (Å²) in [6.45, 7) is 7.07. The molecule has 3 aliphatic carbocycles. The van der Waals surface area contributed by atoms with Crippen LogP contribution < -0.4 is 10.1 Å². The van der Waals surface area contributed by atoms with E-state index in [4.69, 9.17) is 4.74 Å². The van der Waals surface area contributed by atoms with Gasteiger partial charge in [-0.3, -0.25) is 9.59 Å². The first-order valence-corrected chi connectivity index (χ1v) is 12.5. The summed E-state index contributed by atoms with van der Waals surface area (Å²) in [6, 6.07) is 3.87. The molecule has 0 saturated heterocycles. The Morgan fingerprint density at radius 3 is 2.79 bits per heavy atom. The molecule has 1 unspecified atom stereocenters. The Morgan fingerprint density at radius 1 is 1.24 bits per heavy atom. The zero-order valence-corrected chi connectivity index (χ0v) is 20.5. The molecule has 5 rings (SSSR count). The number of amides is 2. The molecule has 6 nitrogen and oxygen atoms in total. The smallest absolute Gasteiger partial charge is 0.246 e. The molecule has 0 aromatic carbocycles. The summed E-state index contributed by atoms with van der Waals surface area (Å²) in [5, 5.41) is 3.15. The Hall–Kier alpha value is -2.37. The molecule has 3 fully saturated rings. The number of hydrogen-bond acceptors (Lipinski definition) is 4. The second-order valence-electron chi connectivity index (χ2n) is 11.4. The third-order valence-electron chi connectivity index (χ3n) is 9.93. The third kappa shape index (κ3) is 3.31. The lowest BCUT2D eigenvalue weighted by molar-refractivity contribution is -0.147. The van der Waals surface area contributed by atoms with Crippen LogP contribution in [0.15, 0.2) is 30.5 Å². The number of likely N-dealkylation sites (N-methyl/N-ethyl adjacent to an activating group) is 1. The highest BCUT2D eigenvalue weighted by atomic mass is 16.5. The van der Waals surface area contributed by atoms with Crippen LogP contribution >= 0.6 is 0 Å². The maximum Gasteiger partial charge on any atom is 0.246 e.